The Labute approximate surface area is 180 Å². The monoisotopic (exact) mass is 432 g/mol. The van der Waals surface area contributed by atoms with Gasteiger partial charge in [0, 0.05) is 25.0 Å². The standard InChI is InChI=1S/C24H27F3N2O2/c1-14(2)31-16-4-5-17(20(12-16)24(25,26)27)15-10-18-19-13-28-7-6-21(19)29-8-3-9-30-22(11-15)23(18)29/h4-5,10-12,14,19,21,28H,3,6-9,13H2,1-2H3. The minimum absolute atomic E-state index is 0.161. The van der Waals surface area contributed by atoms with Crippen LogP contribution in [0.2, 0.25) is 0 Å². The first-order valence-electron chi connectivity index (χ1n) is 11.0. The van der Waals surface area contributed by atoms with Crippen molar-refractivity contribution in [1.29, 1.82) is 0 Å². The lowest BCUT2D eigenvalue weighted by Gasteiger charge is -2.33. The summed E-state index contributed by atoms with van der Waals surface area (Å²) in [6, 6.07) is 8.37. The van der Waals surface area contributed by atoms with E-state index in [1.54, 1.807) is 26.0 Å². The largest absolute Gasteiger partial charge is 0.491 e. The van der Waals surface area contributed by atoms with Gasteiger partial charge in [0.1, 0.15) is 11.5 Å². The molecule has 1 fully saturated rings. The number of hydrogen-bond acceptors (Lipinski definition) is 4. The molecule has 31 heavy (non-hydrogen) atoms. The summed E-state index contributed by atoms with van der Waals surface area (Å²) >= 11 is 0. The summed E-state index contributed by atoms with van der Waals surface area (Å²) in [5, 5.41) is 3.45. The van der Waals surface area contributed by atoms with Gasteiger partial charge in [0.05, 0.1) is 24.0 Å². The van der Waals surface area contributed by atoms with E-state index in [4.69, 9.17) is 9.47 Å². The molecule has 7 heteroatoms. The number of ether oxygens (including phenoxy) is 2. The Morgan fingerprint density at radius 1 is 1.19 bits per heavy atom. The van der Waals surface area contributed by atoms with Crippen LogP contribution in [0.15, 0.2) is 30.3 Å². The third kappa shape index (κ3) is 3.63. The zero-order valence-corrected chi connectivity index (χ0v) is 17.8. The molecule has 1 N–H and O–H groups in total. The van der Waals surface area contributed by atoms with Gasteiger partial charge in [-0.25, -0.2) is 0 Å². The summed E-state index contributed by atoms with van der Waals surface area (Å²) in [6.07, 6.45) is -2.74. The van der Waals surface area contributed by atoms with E-state index in [2.05, 4.69) is 10.2 Å². The molecule has 0 bridgehead atoms. The van der Waals surface area contributed by atoms with Crippen LogP contribution in [-0.4, -0.2) is 38.4 Å². The van der Waals surface area contributed by atoms with Crippen LogP contribution in [-0.2, 0) is 6.18 Å². The summed E-state index contributed by atoms with van der Waals surface area (Å²) in [6.45, 7) is 6.90. The van der Waals surface area contributed by atoms with Crippen molar-refractivity contribution >= 4 is 5.69 Å². The number of piperidine rings is 1. The van der Waals surface area contributed by atoms with Crippen LogP contribution >= 0.6 is 0 Å². The Bertz CT molecular complexity index is 990. The second-order valence-electron chi connectivity index (χ2n) is 8.85. The number of fused-ring (bicyclic) bond motifs is 3. The van der Waals surface area contributed by atoms with E-state index in [0.29, 0.717) is 24.0 Å². The number of hydrogen-bond donors (Lipinski definition) is 1. The molecule has 0 aromatic heterocycles. The first kappa shape index (κ1) is 20.5. The molecular weight excluding hydrogens is 405 g/mol. The Morgan fingerprint density at radius 3 is 2.81 bits per heavy atom. The minimum Gasteiger partial charge on any atom is -0.491 e. The molecule has 0 amide bonds. The first-order valence-corrected chi connectivity index (χ1v) is 11.0. The summed E-state index contributed by atoms with van der Waals surface area (Å²) in [5.74, 6) is 1.20. The highest BCUT2D eigenvalue weighted by atomic mass is 19.4. The molecule has 0 spiro atoms. The topological polar surface area (TPSA) is 33.7 Å². The van der Waals surface area contributed by atoms with Gasteiger partial charge >= 0.3 is 6.18 Å². The van der Waals surface area contributed by atoms with Crippen molar-refractivity contribution in [2.75, 3.05) is 31.1 Å². The Morgan fingerprint density at radius 2 is 2.03 bits per heavy atom. The van der Waals surface area contributed by atoms with Crippen LogP contribution in [0.25, 0.3) is 11.1 Å². The van der Waals surface area contributed by atoms with E-state index < -0.39 is 11.7 Å². The van der Waals surface area contributed by atoms with E-state index in [0.717, 1.165) is 49.8 Å². The number of anilines is 1. The molecule has 4 nitrogen and oxygen atoms in total. The molecule has 3 aliphatic heterocycles. The summed E-state index contributed by atoms with van der Waals surface area (Å²) in [5.41, 5.74) is 2.20. The summed E-state index contributed by atoms with van der Waals surface area (Å²) in [4.78, 5) is 2.43. The third-order valence-corrected chi connectivity index (χ3v) is 6.42. The van der Waals surface area contributed by atoms with Gasteiger partial charge in [-0.3, -0.25) is 0 Å². The maximum absolute atomic E-state index is 14.0. The van der Waals surface area contributed by atoms with Gasteiger partial charge in [0.15, 0.2) is 0 Å². The van der Waals surface area contributed by atoms with Crippen molar-refractivity contribution in [3.63, 3.8) is 0 Å². The molecule has 3 aliphatic rings. The van der Waals surface area contributed by atoms with Crippen LogP contribution in [0.5, 0.6) is 11.5 Å². The molecule has 2 aromatic rings. The highest BCUT2D eigenvalue weighted by molar-refractivity contribution is 5.80. The van der Waals surface area contributed by atoms with Gasteiger partial charge < -0.3 is 19.7 Å². The lowest BCUT2D eigenvalue weighted by Crippen LogP contribution is -2.44. The van der Waals surface area contributed by atoms with Crippen LogP contribution in [0.4, 0.5) is 18.9 Å². The van der Waals surface area contributed by atoms with E-state index in [-0.39, 0.29) is 23.3 Å². The molecule has 5 rings (SSSR count). The van der Waals surface area contributed by atoms with Crippen molar-refractivity contribution in [3.05, 3.63) is 41.5 Å². The highest BCUT2D eigenvalue weighted by Gasteiger charge is 2.43. The van der Waals surface area contributed by atoms with Crippen molar-refractivity contribution in [2.24, 2.45) is 0 Å². The number of benzene rings is 2. The fourth-order valence-electron chi connectivity index (χ4n) is 5.24. The molecule has 2 atom stereocenters. The summed E-state index contributed by atoms with van der Waals surface area (Å²) < 4.78 is 53.6. The van der Waals surface area contributed by atoms with Gasteiger partial charge in [0.25, 0.3) is 0 Å². The van der Waals surface area contributed by atoms with Crippen molar-refractivity contribution in [2.45, 2.75) is 50.9 Å². The van der Waals surface area contributed by atoms with E-state index in [1.807, 2.05) is 6.07 Å². The van der Waals surface area contributed by atoms with E-state index >= 15 is 0 Å². The predicted octanol–water partition coefficient (Wildman–Crippen LogP) is 5.21. The molecule has 0 radical (unpaired) electrons. The molecular formula is C24H27F3N2O2. The Balaban J connectivity index is 1.65. The number of alkyl halides is 3. The fourth-order valence-corrected chi connectivity index (χ4v) is 5.24. The van der Waals surface area contributed by atoms with Gasteiger partial charge in [-0.15, -0.1) is 0 Å². The van der Waals surface area contributed by atoms with Crippen molar-refractivity contribution in [1.82, 2.24) is 5.32 Å². The van der Waals surface area contributed by atoms with Crippen LogP contribution in [0, 0.1) is 0 Å². The fraction of sp³-hybridized carbons (Fsp3) is 0.500. The van der Waals surface area contributed by atoms with Gasteiger partial charge in [-0.1, -0.05) is 6.07 Å². The molecule has 0 aliphatic carbocycles. The molecule has 2 unspecified atom stereocenters. The first-order chi connectivity index (χ1) is 14.8. The normalized spacial score (nSPS) is 22.6. The zero-order valence-electron chi connectivity index (χ0n) is 17.8. The Kier molecular flexibility index (Phi) is 5.04. The van der Waals surface area contributed by atoms with E-state index in [1.165, 1.54) is 6.07 Å². The van der Waals surface area contributed by atoms with Crippen LogP contribution < -0.4 is 19.7 Å². The molecule has 1 saturated heterocycles. The Hall–Kier alpha value is -2.41. The van der Waals surface area contributed by atoms with Gasteiger partial charge in [-0.2, -0.15) is 13.2 Å². The second-order valence-corrected chi connectivity index (χ2v) is 8.85. The van der Waals surface area contributed by atoms with Crippen LogP contribution in [0.3, 0.4) is 0 Å². The minimum atomic E-state index is -4.49. The maximum atomic E-state index is 14.0. The average molecular weight is 432 g/mol. The third-order valence-electron chi connectivity index (χ3n) is 6.42. The van der Waals surface area contributed by atoms with Crippen LogP contribution in [0.1, 0.15) is 43.7 Å². The molecule has 166 valence electrons. The van der Waals surface area contributed by atoms with Crippen molar-refractivity contribution < 1.29 is 22.6 Å². The lowest BCUT2D eigenvalue weighted by atomic mass is 9.88. The zero-order chi connectivity index (χ0) is 21.8. The van der Waals surface area contributed by atoms with Gasteiger partial charge in [0.2, 0.25) is 0 Å². The number of nitrogens with zero attached hydrogens (tertiary/aromatic N) is 1. The lowest BCUT2D eigenvalue weighted by molar-refractivity contribution is -0.137. The smallest absolute Gasteiger partial charge is 0.417 e. The number of halogens is 3. The van der Waals surface area contributed by atoms with E-state index in [9.17, 15) is 13.2 Å². The molecule has 0 saturated carbocycles. The summed E-state index contributed by atoms with van der Waals surface area (Å²) in [7, 11) is 0. The maximum Gasteiger partial charge on any atom is 0.417 e. The quantitative estimate of drug-likeness (QED) is 0.722. The molecule has 2 aromatic carbocycles. The van der Waals surface area contributed by atoms with Crippen molar-refractivity contribution in [3.8, 4) is 22.6 Å². The molecule has 3 heterocycles. The SMILES string of the molecule is CC(C)Oc1ccc(-c2cc3c4c(c2)C2CNCCC2N4CCCO3)c(C(F)(F)F)c1. The number of nitrogens with one attached hydrogen (secondary N) is 1. The second kappa shape index (κ2) is 7.62. The predicted molar refractivity (Wildman–Crippen MR) is 114 cm³/mol. The average Bonchev–Trinajstić information content (AvgIpc) is 2.88. The number of rotatable bonds is 3. The van der Waals surface area contributed by atoms with Gasteiger partial charge in [-0.05, 0) is 74.2 Å². The highest BCUT2D eigenvalue weighted by Crippen LogP contribution is 2.52.